The molecular formula is C31H34ClF7N2O. The summed E-state index contributed by atoms with van der Waals surface area (Å²) in [4.78, 5) is 15.5. The Morgan fingerprint density at radius 2 is 1.79 bits per heavy atom. The zero-order valence-electron chi connectivity index (χ0n) is 23.6. The molecule has 0 saturated heterocycles. The van der Waals surface area contributed by atoms with Crippen LogP contribution in [-0.2, 0) is 11.0 Å². The van der Waals surface area contributed by atoms with Gasteiger partial charge in [-0.15, -0.1) is 0 Å². The van der Waals surface area contributed by atoms with Gasteiger partial charge in [0.1, 0.15) is 11.6 Å². The summed E-state index contributed by atoms with van der Waals surface area (Å²) < 4.78 is 93.4. The van der Waals surface area contributed by atoms with E-state index in [0.29, 0.717) is 28.4 Å². The molecule has 0 aliphatic heterocycles. The van der Waals surface area contributed by atoms with Gasteiger partial charge in [0.2, 0.25) is 5.91 Å². The highest BCUT2D eigenvalue weighted by molar-refractivity contribution is 6.30. The molecule has 1 aromatic carbocycles. The summed E-state index contributed by atoms with van der Waals surface area (Å²) in [7, 11) is 1.37. The summed E-state index contributed by atoms with van der Waals surface area (Å²) in [6, 6.07) is 6.18. The molecule has 1 aliphatic carbocycles. The van der Waals surface area contributed by atoms with Crippen molar-refractivity contribution >= 4 is 17.5 Å². The average Bonchev–Trinajstić information content (AvgIpc) is 2.96. The number of aromatic nitrogens is 1. The van der Waals surface area contributed by atoms with Crippen LogP contribution in [0.3, 0.4) is 0 Å². The lowest BCUT2D eigenvalue weighted by molar-refractivity contribution is -0.137. The number of rotatable bonds is 8. The molecule has 1 aliphatic rings. The second kappa shape index (κ2) is 15.4. The molecule has 2 aromatic rings. The molecule has 1 heterocycles. The molecule has 0 radical (unpaired) electrons. The first kappa shape index (κ1) is 35.1. The Kier molecular flexibility index (Phi) is 12.8. The Morgan fingerprint density at radius 3 is 2.29 bits per heavy atom. The molecule has 11 heteroatoms. The number of likely N-dealkylation sites (N-methyl/N-ethyl adjacent to an activating group) is 1. The van der Waals surface area contributed by atoms with E-state index >= 15 is 0 Å². The second-order valence-electron chi connectivity index (χ2n) is 9.95. The number of nitrogens with one attached hydrogen (secondary N) is 1. The van der Waals surface area contributed by atoms with E-state index < -0.39 is 40.8 Å². The number of amides is 1. The van der Waals surface area contributed by atoms with Gasteiger partial charge in [0.05, 0.1) is 16.2 Å². The number of benzene rings is 1. The van der Waals surface area contributed by atoms with Crippen molar-refractivity contribution in [2.75, 3.05) is 7.05 Å². The molecule has 3 rings (SSSR count). The van der Waals surface area contributed by atoms with Gasteiger partial charge in [0.25, 0.3) is 5.92 Å². The van der Waals surface area contributed by atoms with Crippen molar-refractivity contribution in [1.82, 2.24) is 10.3 Å². The third-order valence-corrected chi connectivity index (χ3v) is 7.18. The number of carbonyl (C=O) groups excluding carboxylic acids is 1. The lowest BCUT2D eigenvalue weighted by atomic mass is 9.75. The predicted octanol–water partition coefficient (Wildman–Crippen LogP) is 9.74. The fourth-order valence-electron chi connectivity index (χ4n) is 4.81. The maximum absolute atomic E-state index is 13.9. The monoisotopic (exact) mass is 618 g/mol. The van der Waals surface area contributed by atoms with E-state index in [4.69, 9.17) is 11.6 Å². The van der Waals surface area contributed by atoms with Crippen molar-refractivity contribution in [1.29, 1.82) is 0 Å². The summed E-state index contributed by atoms with van der Waals surface area (Å²) >= 11 is 5.89. The van der Waals surface area contributed by atoms with Gasteiger partial charge in [-0.2, -0.15) is 22.0 Å². The fraction of sp³-hybridized carbons (Fsp3) is 0.419. The summed E-state index contributed by atoms with van der Waals surface area (Å²) in [5.41, 5.74) is -0.815. The van der Waals surface area contributed by atoms with Crippen LogP contribution in [-0.4, -0.2) is 23.9 Å². The first-order valence-corrected chi connectivity index (χ1v) is 13.8. The third kappa shape index (κ3) is 9.71. The number of hydrogen-bond acceptors (Lipinski definition) is 2. The molecule has 3 nitrogen and oxygen atoms in total. The van der Waals surface area contributed by atoms with E-state index in [0.717, 1.165) is 44.2 Å². The lowest BCUT2D eigenvalue weighted by Gasteiger charge is -2.31. The molecule has 1 unspecified atom stereocenters. The lowest BCUT2D eigenvalue weighted by Crippen LogP contribution is -2.21. The molecule has 42 heavy (non-hydrogen) atoms. The minimum atomic E-state index is -4.58. The van der Waals surface area contributed by atoms with Crippen LogP contribution >= 0.6 is 11.6 Å². The first-order chi connectivity index (χ1) is 19.6. The maximum atomic E-state index is 13.9. The molecule has 1 saturated carbocycles. The van der Waals surface area contributed by atoms with Crippen LogP contribution < -0.4 is 5.32 Å². The number of allylic oxidation sites excluding steroid dienone is 4. The van der Waals surface area contributed by atoms with E-state index in [1.54, 1.807) is 12.1 Å². The average molecular weight is 619 g/mol. The number of carbonyl (C=O) groups is 1. The molecular weight excluding hydrogens is 585 g/mol. The van der Waals surface area contributed by atoms with Crippen LogP contribution in [0.25, 0.3) is 0 Å². The van der Waals surface area contributed by atoms with Gasteiger partial charge in [-0.05, 0) is 80.2 Å². The van der Waals surface area contributed by atoms with E-state index in [2.05, 4.69) is 16.9 Å². The molecule has 1 aromatic heterocycles. The summed E-state index contributed by atoms with van der Waals surface area (Å²) in [6.07, 6.45) is 2.89. The maximum Gasteiger partial charge on any atom is 0.416 e. The van der Waals surface area contributed by atoms with Crippen molar-refractivity contribution in [3.05, 3.63) is 99.9 Å². The van der Waals surface area contributed by atoms with Crippen molar-refractivity contribution in [2.24, 2.45) is 5.92 Å². The van der Waals surface area contributed by atoms with E-state index in [9.17, 15) is 35.5 Å². The minimum absolute atomic E-state index is 0.00706. The highest BCUT2D eigenvalue weighted by Gasteiger charge is 2.35. The van der Waals surface area contributed by atoms with Gasteiger partial charge in [-0.1, -0.05) is 44.4 Å². The van der Waals surface area contributed by atoms with Crippen molar-refractivity contribution < 1.29 is 35.5 Å². The first-order valence-electron chi connectivity index (χ1n) is 13.4. The van der Waals surface area contributed by atoms with Crippen LogP contribution in [0.2, 0.25) is 5.02 Å². The quantitative estimate of drug-likeness (QED) is 0.138. The summed E-state index contributed by atoms with van der Waals surface area (Å²) in [5, 5.41) is 2.73. The Balaban J connectivity index is 0.000000319. The third-order valence-electron chi connectivity index (χ3n) is 6.96. The molecule has 1 N–H and O–H groups in total. The molecule has 230 valence electrons. The highest BCUT2D eigenvalue weighted by atomic mass is 35.5. The van der Waals surface area contributed by atoms with Crippen molar-refractivity contribution in [3.8, 4) is 0 Å². The van der Waals surface area contributed by atoms with Crippen molar-refractivity contribution in [3.63, 3.8) is 0 Å². The van der Waals surface area contributed by atoms with Crippen LogP contribution in [0.1, 0.15) is 75.1 Å². The van der Waals surface area contributed by atoms with E-state index in [1.807, 2.05) is 0 Å². The molecule has 1 fully saturated rings. The summed E-state index contributed by atoms with van der Waals surface area (Å²) in [5.74, 6) is -6.08. The Morgan fingerprint density at radius 1 is 1.14 bits per heavy atom. The normalized spacial score (nSPS) is 16.1. The van der Waals surface area contributed by atoms with Crippen LogP contribution in [0.5, 0.6) is 0 Å². The largest absolute Gasteiger partial charge is 0.416 e. The Labute approximate surface area is 246 Å². The van der Waals surface area contributed by atoms with Gasteiger partial charge < -0.3 is 5.32 Å². The zero-order valence-corrected chi connectivity index (χ0v) is 24.4. The SMILES string of the molecule is C=CC(F)(F)C(/C=C(\C)C(=O)NC)=C(\F)CC.Fc1cc(C(c2ccc(Cl)cn2)C2CCCCC2)cc(C(F)(F)F)c1. The smallest absolute Gasteiger partial charge is 0.355 e. The van der Waals surface area contributed by atoms with Gasteiger partial charge in [0, 0.05) is 30.4 Å². The molecule has 0 bridgehead atoms. The van der Waals surface area contributed by atoms with Gasteiger partial charge in [-0.3, -0.25) is 9.78 Å². The highest BCUT2D eigenvalue weighted by Crippen LogP contribution is 2.42. The standard InChI is InChI=1S/C19H18ClF4N.C12H16F3NO/c20-15-6-7-17(25-11-15)18(12-4-2-1-3-5-12)13-8-14(19(22,23)24)10-16(21)9-13;1-5-10(13)9(12(14,15)6-2)7-8(3)11(17)16-4/h6-12,18H,1-5H2;6-7H,2,5H2,1,3-4H3,(H,16,17)/b;8-7+,10-9-. The number of nitrogens with zero attached hydrogens (tertiary/aromatic N) is 1. The topological polar surface area (TPSA) is 42.0 Å². The Hall–Kier alpha value is -3.14. The van der Waals surface area contributed by atoms with E-state index in [1.165, 1.54) is 33.2 Å². The number of alkyl halides is 5. The van der Waals surface area contributed by atoms with Crippen molar-refractivity contribution in [2.45, 2.75) is 70.4 Å². The van der Waals surface area contributed by atoms with Crippen LogP contribution in [0.15, 0.2) is 72.2 Å². The molecule has 1 amide bonds. The van der Waals surface area contributed by atoms with Gasteiger partial charge in [0.15, 0.2) is 0 Å². The number of pyridine rings is 1. The van der Waals surface area contributed by atoms with E-state index in [-0.39, 0.29) is 23.8 Å². The minimum Gasteiger partial charge on any atom is -0.355 e. The number of hydrogen-bond donors (Lipinski definition) is 1. The predicted molar refractivity (Wildman–Crippen MR) is 150 cm³/mol. The fourth-order valence-corrected chi connectivity index (χ4v) is 4.93. The van der Waals surface area contributed by atoms with Crippen LogP contribution in [0, 0.1) is 11.7 Å². The Bertz CT molecular complexity index is 1280. The number of halogens is 8. The van der Waals surface area contributed by atoms with Gasteiger partial charge in [-0.25, -0.2) is 8.78 Å². The van der Waals surface area contributed by atoms with Crippen LogP contribution in [0.4, 0.5) is 30.7 Å². The van der Waals surface area contributed by atoms with Gasteiger partial charge >= 0.3 is 6.18 Å². The zero-order chi connectivity index (χ0) is 31.7. The molecule has 1 atom stereocenters. The molecule has 0 spiro atoms. The second-order valence-corrected chi connectivity index (χ2v) is 10.4. The summed E-state index contributed by atoms with van der Waals surface area (Å²) in [6.45, 7) is 5.71.